The fraction of sp³-hybridized carbons (Fsp3) is 0.143. The van der Waals surface area contributed by atoms with Gasteiger partial charge in [0.25, 0.3) is 5.91 Å². The molecule has 4 heteroatoms. The van der Waals surface area contributed by atoms with Crippen molar-refractivity contribution in [2.45, 2.75) is 6.92 Å². The summed E-state index contributed by atoms with van der Waals surface area (Å²) in [7, 11) is 0.396. The molecule has 0 bridgehead atoms. The average molecular weight is 169 g/mol. The summed E-state index contributed by atoms with van der Waals surface area (Å²) in [6, 6.07) is 3.53. The van der Waals surface area contributed by atoms with Crippen LogP contribution in [0.4, 0.5) is 0 Å². The zero-order chi connectivity index (χ0) is 8.27. The molecule has 2 amide bonds. The van der Waals surface area contributed by atoms with Crippen LogP contribution in [0.15, 0.2) is 17.9 Å². The monoisotopic (exact) mass is 169 g/mol. The summed E-state index contributed by atoms with van der Waals surface area (Å²) in [6.07, 6.45) is 0. The van der Waals surface area contributed by atoms with E-state index in [1.54, 1.807) is 6.07 Å². The molecule has 0 aliphatic rings. The maximum Gasteiger partial charge on any atom is 0.261 e. The molecule has 3 nitrogen and oxygen atoms in total. The second-order valence-electron chi connectivity index (χ2n) is 2.09. The molecular formula is C7H8NO2P. The Balaban J connectivity index is 2.64. The van der Waals surface area contributed by atoms with Crippen molar-refractivity contribution in [2.75, 3.05) is 0 Å². The van der Waals surface area contributed by atoms with Gasteiger partial charge >= 0.3 is 0 Å². The van der Waals surface area contributed by atoms with Gasteiger partial charge in [-0.25, -0.2) is 0 Å². The van der Waals surface area contributed by atoms with Crippen molar-refractivity contribution in [3.05, 3.63) is 23.2 Å². The molecule has 1 aromatic rings. The lowest BCUT2D eigenvalue weighted by Crippen LogP contribution is -2.26. The number of nitrogens with one attached hydrogen (secondary N) is 1. The summed E-state index contributed by atoms with van der Waals surface area (Å²) in [6.45, 7) is 1.32. The quantitative estimate of drug-likeness (QED) is 0.681. The summed E-state index contributed by atoms with van der Waals surface area (Å²) >= 11 is 0. The van der Waals surface area contributed by atoms with Gasteiger partial charge in [-0.1, -0.05) is 6.07 Å². The maximum atomic E-state index is 11.0. The first kappa shape index (κ1) is 8.02. The summed E-state index contributed by atoms with van der Waals surface area (Å²) in [5.41, 5.74) is 0. The van der Waals surface area contributed by atoms with E-state index in [0.29, 0.717) is 13.5 Å². The van der Waals surface area contributed by atoms with Crippen LogP contribution in [0.3, 0.4) is 0 Å². The van der Waals surface area contributed by atoms with E-state index < -0.39 is 0 Å². The highest BCUT2D eigenvalue weighted by atomic mass is 31.0. The number of amides is 2. The highest BCUT2D eigenvalue weighted by Crippen LogP contribution is 2.13. The van der Waals surface area contributed by atoms with Crippen molar-refractivity contribution in [3.8, 4) is 0 Å². The van der Waals surface area contributed by atoms with Crippen LogP contribution in [-0.2, 0) is 4.79 Å². The molecule has 0 aliphatic carbocycles. The molecule has 1 N–H and O–H groups in total. The number of imide groups is 1. The number of carbonyl (C=O) groups excluding carboxylic acids is 2. The van der Waals surface area contributed by atoms with Crippen LogP contribution in [0.1, 0.15) is 17.0 Å². The first-order valence-corrected chi connectivity index (χ1v) is 4.23. The lowest BCUT2D eigenvalue weighted by Gasteiger charge is -1.95. The van der Waals surface area contributed by atoms with Crippen LogP contribution in [0, 0.1) is 0 Å². The van der Waals surface area contributed by atoms with Crippen LogP contribution in [0.25, 0.3) is 0 Å². The Hall–Kier alpha value is -1.08. The lowest BCUT2D eigenvalue weighted by molar-refractivity contribution is -0.118. The SMILES string of the molecule is CC(=O)NC(=O)c1ccc[pH]1. The third-order valence-electron chi connectivity index (χ3n) is 1.13. The van der Waals surface area contributed by atoms with Gasteiger partial charge in [0.1, 0.15) is 0 Å². The van der Waals surface area contributed by atoms with Gasteiger partial charge in [-0.05, 0) is 11.9 Å². The fourth-order valence-corrected chi connectivity index (χ4v) is 1.46. The first-order valence-electron chi connectivity index (χ1n) is 3.15. The maximum absolute atomic E-state index is 11.0. The number of hydrogen-bond donors (Lipinski definition) is 1. The van der Waals surface area contributed by atoms with Crippen molar-refractivity contribution >= 4 is 20.0 Å². The molecule has 1 heterocycles. The standard InChI is InChI=1S/C7H8NO2P/c1-5(9)8-7(10)6-3-2-4-11-6/h2-4,11H,1H3,(H,8,9,10). The topological polar surface area (TPSA) is 46.2 Å². The first-order chi connectivity index (χ1) is 5.20. The molecule has 0 saturated carbocycles. The molecular weight excluding hydrogens is 161 g/mol. The normalized spacial score (nSPS) is 9.91. The lowest BCUT2D eigenvalue weighted by atomic mass is 10.4. The largest absolute Gasteiger partial charge is 0.292 e. The summed E-state index contributed by atoms with van der Waals surface area (Å²) in [5, 5.41) is 2.87. The molecule has 1 unspecified atom stereocenters. The van der Waals surface area contributed by atoms with Gasteiger partial charge in [0.05, 0.1) is 5.30 Å². The number of carbonyl (C=O) groups is 2. The van der Waals surface area contributed by atoms with Crippen molar-refractivity contribution in [3.63, 3.8) is 0 Å². The predicted molar refractivity (Wildman–Crippen MR) is 44.1 cm³/mol. The van der Waals surface area contributed by atoms with Crippen molar-refractivity contribution in [2.24, 2.45) is 0 Å². The molecule has 1 atom stereocenters. The van der Waals surface area contributed by atoms with Gasteiger partial charge in [0.2, 0.25) is 5.91 Å². The Labute approximate surface area is 65.9 Å². The molecule has 0 saturated heterocycles. The minimum Gasteiger partial charge on any atom is -0.292 e. The van der Waals surface area contributed by atoms with Crippen LogP contribution in [0.2, 0.25) is 0 Å². The minimum absolute atomic E-state index is 0.277. The van der Waals surface area contributed by atoms with E-state index >= 15 is 0 Å². The van der Waals surface area contributed by atoms with Gasteiger partial charge in [-0.2, -0.15) is 0 Å². The molecule has 0 aliphatic heterocycles. The summed E-state index contributed by atoms with van der Waals surface area (Å²) in [4.78, 5) is 21.5. The fourth-order valence-electron chi connectivity index (χ4n) is 0.699. The Morgan fingerprint density at radius 3 is 2.73 bits per heavy atom. The molecule has 1 rings (SSSR count). The van der Waals surface area contributed by atoms with E-state index in [2.05, 4.69) is 5.32 Å². The second-order valence-corrected chi connectivity index (χ2v) is 3.25. The molecule has 0 spiro atoms. The smallest absolute Gasteiger partial charge is 0.261 e. The van der Waals surface area contributed by atoms with Gasteiger partial charge < -0.3 is 0 Å². The molecule has 0 aromatic carbocycles. The Bertz CT molecular complexity index is 266. The van der Waals surface area contributed by atoms with E-state index in [0.717, 1.165) is 0 Å². The third-order valence-corrected chi connectivity index (χ3v) is 2.20. The van der Waals surface area contributed by atoms with Crippen molar-refractivity contribution in [1.29, 1.82) is 0 Å². The Morgan fingerprint density at radius 2 is 2.27 bits per heavy atom. The molecule has 1 aromatic heterocycles. The van der Waals surface area contributed by atoms with Crippen LogP contribution in [-0.4, -0.2) is 11.8 Å². The Morgan fingerprint density at radius 1 is 1.55 bits per heavy atom. The van der Waals surface area contributed by atoms with Crippen LogP contribution >= 0.6 is 8.19 Å². The summed E-state index contributed by atoms with van der Waals surface area (Å²) < 4.78 is 0. The van der Waals surface area contributed by atoms with Gasteiger partial charge in [0, 0.05) is 6.92 Å². The molecule has 11 heavy (non-hydrogen) atoms. The van der Waals surface area contributed by atoms with E-state index in [4.69, 9.17) is 0 Å². The zero-order valence-corrected chi connectivity index (χ0v) is 7.05. The molecule has 0 radical (unpaired) electrons. The average Bonchev–Trinajstić information content (AvgIpc) is 2.35. The van der Waals surface area contributed by atoms with Crippen LogP contribution < -0.4 is 5.32 Å². The third kappa shape index (κ3) is 2.20. The highest BCUT2D eigenvalue weighted by molar-refractivity contribution is 7.31. The van der Waals surface area contributed by atoms with Gasteiger partial charge in [0.15, 0.2) is 0 Å². The zero-order valence-electron chi connectivity index (χ0n) is 6.05. The molecule has 0 fully saturated rings. The minimum atomic E-state index is -0.312. The number of rotatable bonds is 1. The second kappa shape index (κ2) is 3.35. The van der Waals surface area contributed by atoms with E-state index in [1.165, 1.54) is 6.92 Å². The van der Waals surface area contributed by atoms with E-state index in [1.807, 2.05) is 11.9 Å². The van der Waals surface area contributed by atoms with E-state index in [-0.39, 0.29) is 11.8 Å². The predicted octanol–water partition coefficient (Wildman–Crippen LogP) is 0.994. The van der Waals surface area contributed by atoms with Crippen molar-refractivity contribution in [1.82, 2.24) is 5.32 Å². The van der Waals surface area contributed by atoms with Crippen LogP contribution in [0.5, 0.6) is 0 Å². The van der Waals surface area contributed by atoms with E-state index in [9.17, 15) is 9.59 Å². The van der Waals surface area contributed by atoms with Crippen molar-refractivity contribution < 1.29 is 9.59 Å². The Kier molecular flexibility index (Phi) is 2.44. The summed E-state index contributed by atoms with van der Waals surface area (Å²) in [5.74, 6) is 1.31. The number of hydrogen-bond acceptors (Lipinski definition) is 2. The van der Waals surface area contributed by atoms with Gasteiger partial charge in [-0.3, -0.25) is 14.9 Å². The molecule has 58 valence electrons. The highest BCUT2D eigenvalue weighted by Gasteiger charge is 2.05. The van der Waals surface area contributed by atoms with Gasteiger partial charge in [-0.15, -0.1) is 8.19 Å².